The van der Waals surface area contributed by atoms with Crippen molar-refractivity contribution >= 4 is 27.5 Å². The van der Waals surface area contributed by atoms with Gasteiger partial charge >= 0.3 is 0 Å². The predicted octanol–water partition coefficient (Wildman–Crippen LogP) is 4.61. The molecule has 1 heterocycles. The molecule has 0 aliphatic carbocycles. The molecule has 0 spiro atoms. The highest BCUT2D eigenvalue weighted by atomic mass is 79.9. The highest BCUT2D eigenvalue weighted by molar-refractivity contribution is 9.10. The van der Waals surface area contributed by atoms with Crippen molar-refractivity contribution in [3.63, 3.8) is 0 Å². The van der Waals surface area contributed by atoms with Crippen molar-refractivity contribution in [3.8, 4) is 0 Å². The van der Waals surface area contributed by atoms with Gasteiger partial charge in [0.1, 0.15) is 0 Å². The predicted molar refractivity (Wildman–Crippen MR) is 90.2 cm³/mol. The average molecular weight is 360 g/mol. The van der Waals surface area contributed by atoms with Crippen LogP contribution in [0, 0.1) is 5.41 Å². The summed E-state index contributed by atoms with van der Waals surface area (Å²) in [5, 5.41) is 0.761. The smallest absolute Gasteiger partial charge is 0.0551 e. The minimum Gasteiger partial charge on any atom is -0.329 e. The molecule has 0 amide bonds. The maximum Gasteiger partial charge on any atom is 0.0551 e. The standard InChI is InChI=1S/C16H24BrClN2/c1-3-16(2)6-8-20(9-7-16)15(11-19)12-4-5-13(17)14(18)10-12/h4-5,10,15H,3,6-9,11,19H2,1-2H3. The molecule has 1 aromatic carbocycles. The van der Waals surface area contributed by atoms with Crippen LogP contribution >= 0.6 is 27.5 Å². The van der Waals surface area contributed by atoms with E-state index in [0.29, 0.717) is 12.0 Å². The van der Waals surface area contributed by atoms with Crippen LogP contribution in [0.25, 0.3) is 0 Å². The Bertz CT molecular complexity index is 456. The highest BCUT2D eigenvalue weighted by Crippen LogP contribution is 2.37. The van der Waals surface area contributed by atoms with Gasteiger partial charge in [0.05, 0.1) is 5.02 Å². The van der Waals surface area contributed by atoms with Gasteiger partial charge in [0.25, 0.3) is 0 Å². The molecule has 1 unspecified atom stereocenters. The zero-order chi connectivity index (χ0) is 14.8. The minimum absolute atomic E-state index is 0.280. The molecule has 2 rings (SSSR count). The topological polar surface area (TPSA) is 29.3 Å². The van der Waals surface area contributed by atoms with E-state index in [4.69, 9.17) is 17.3 Å². The number of piperidine rings is 1. The second-order valence-corrected chi connectivity index (χ2v) is 7.39. The Kier molecular flexibility index (Phi) is 5.52. The number of nitrogens with two attached hydrogens (primary N) is 1. The molecular weight excluding hydrogens is 336 g/mol. The van der Waals surface area contributed by atoms with Crippen LogP contribution < -0.4 is 5.73 Å². The van der Waals surface area contributed by atoms with Crippen LogP contribution in [0.15, 0.2) is 22.7 Å². The van der Waals surface area contributed by atoms with Crippen LogP contribution in [0.4, 0.5) is 0 Å². The summed E-state index contributed by atoms with van der Waals surface area (Å²) in [4.78, 5) is 2.51. The van der Waals surface area contributed by atoms with E-state index in [2.05, 4.69) is 40.7 Å². The van der Waals surface area contributed by atoms with Crippen molar-refractivity contribution in [1.82, 2.24) is 4.90 Å². The minimum atomic E-state index is 0.280. The Labute approximate surface area is 135 Å². The van der Waals surface area contributed by atoms with Crippen LogP contribution in [0.3, 0.4) is 0 Å². The molecule has 4 heteroatoms. The number of nitrogens with zero attached hydrogens (tertiary/aromatic N) is 1. The molecule has 1 atom stereocenters. The first-order chi connectivity index (χ1) is 9.49. The van der Waals surface area contributed by atoms with E-state index in [1.807, 2.05) is 12.1 Å². The molecule has 0 aromatic heterocycles. The van der Waals surface area contributed by atoms with E-state index >= 15 is 0 Å². The van der Waals surface area contributed by atoms with Gasteiger partial charge in [-0.3, -0.25) is 4.90 Å². The molecule has 1 saturated heterocycles. The lowest BCUT2D eigenvalue weighted by molar-refractivity contribution is 0.0829. The monoisotopic (exact) mass is 358 g/mol. The Hall–Kier alpha value is -0.0900. The van der Waals surface area contributed by atoms with Crippen molar-refractivity contribution in [2.75, 3.05) is 19.6 Å². The van der Waals surface area contributed by atoms with E-state index in [-0.39, 0.29) is 6.04 Å². The van der Waals surface area contributed by atoms with Gasteiger partial charge in [0.2, 0.25) is 0 Å². The zero-order valence-electron chi connectivity index (χ0n) is 12.3. The molecule has 2 nitrogen and oxygen atoms in total. The molecule has 112 valence electrons. The quantitative estimate of drug-likeness (QED) is 0.850. The Morgan fingerprint density at radius 1 is 1.40 bits per heavy atom. The fourth-order valence-electron chi connectivity index (χ4n) is 2.94. The molecule has 0 saturated carbocycles. The van der Waals surface area contributed by atoms with Gasteiger partial charge in [0.15, 0.2) is 0 Å². The van der Waals surface area contributed by atoms with Gasteiger partial charge in [-0.05, 0) is 65.0 Å². The molecule has 2 N–H and O–H groups in total. The van der Waals surface area contributed by atoms with Crippen LogP contribution in [-0.4, -0.2) is 24.5 Å². The van der Waals surface area contributed by atoms with E-state index in [1.165, 1.54) is 24.8 Å². The van der Waals surface area contributed by atoms with Crippen LogP contribution in [0.2, 0.25) is 5.02 Å². The van der Waals surface area contributed by atoms with Crippen LogP contribution in [0.5, 0.6) is 0 Å². The zero-order valence-corrected chi connectivity index (χ0v) is 14.7. The highest BCUT2D eigenvalue weighted by Gasteiger charge is 2.31. The molecular formula is C16H24BrClN2. The van der Waals surface area contributed by atoms with Crippen LogP contribution in [-0.2, 0) is 0 Å². The van der Waals surface area contributed by atoms with E-state index < -0.39 is 0 Å². The molecule has 0 radical (unpaired) electrons. The maximum absolute atomic E-state index is 6.22. The van der Waals surface area contributed by atoms with Crippen molar-refractivity contribution < 1.29 is 0 Å². The number of halogens is 2. The van der Waals surface area contributed by atoms with Gasteiger partial charge in [-0.15, -0.1) is 0 Å². The largest absolute Gasteiger partial charge is 0.329 e. The normalized spacial score (nSPS) is 20.9. The third-order valence-electron chi connectivity index (χ3n) is 4.85. The summed E-state index contributed by atoms with van der Waals surface area (Å²) < 4.78 is 0.941. The third kappa shape index (κ3) is 3.56. The summed E-state index contributed by atoms with van der Waals surface area (Å²) in [6, 6.07) is 6.46. The van der Waals surface area contributed by atoms with Gasteiger partial charge in [-0.25, -0.2) is 0 Å². The third-order valence-corrected chi connectivity index (χ3v) is 6.08. The summed E-state index contributed by atoms with van der Waals surface area (Å²) in [5.74, 6) is 0. The fraction of sp³-hybridized carbons (Fsp3) is 0.625. The van der Waals surface area contributed by atoms with E-state index in [0.717, 1.165) is 22.6 Å². The van der Waals surface area contributed by atoms with Crippen molar-refractivity contribution in [3.05, 3.63) is 33.3 Å². The maximum atomic E-state index is 6.22. The van der Waals surface area contributed by atoms with Gasteiger partial charge in [-0.2, -0.15) is 0 Å². The van der Waals surface area contributed by atoms with E-state index in [1.54, 1.807) is 0 Å². The molecule has 0 bridgehead atoms. The van der Waals surface area contributed by atoms with Crippen molar-refractivity contribution in [2.24, 2.45) is 11.1 Å². The Morgan fingerprint density at radius 3 is 2.55 bits per heavy atom. The van der Waals surface area contributed by atoms with Gasteiger partial charge in [-0.1, -0.05) is 37.9 Å². The Morgan fingerprint density at radius 2 is 2.05 bits per heavy atom. The molecule has 1 aliphatic rings. The lowest BCUT2D eigenvalue weighted by Crippen LogP contribution is -2.42. The molecule has 1 fully saturated rings. The first-order valence-electron chi connectivity index (χ1n) is 7.38. The first-order valence-corrected chi connectivity index (χ1v) is 8.55. The number of benzene rings is 1. The first kappa shape index (κ1) is 16.3. The fourth-order valence-corrected chi connectivity index (χ4v) is 3.38. The molecule has 1 aliphatic heterocycles. The summed E-state index contributed by atoms with van der Waals surface area (Å²) in [7, 11) is 0. The summed E-state index contributed by atoms with van der Waals surface area (Å²) >= 11 is 9.66. The van der Waals surface area contributed by atoms with Gasteiger partial charge in [0, 0.05) is 17.1 Å². The number of hydrogen-bond acceptors (Lipinski definition) is 2. The van der Waals surface area contributed by atoms with Gasteiger partial charge < -0.3 is 5.73 Å². The summed E-state index contributed by atoms with van der Waals surface area (Å²) in [5.41, 5.74) is 7.76. The molecule has 1 aromatic rings. The van der Waals surface area contributed by atoms with Crippen molar-refractivity contribution in [1.29, 1.82) is 0 Å². The summed E-state index contributed by atoms with van der Waals surface area (Å²) in [6.07, 6.45) is 3.77. The van der Waals surface area contributed by atoms with Crippen LogP contribution in [0.1, 0.15) is 44.7 Å². The number of likely N-dealkylation sites (tertiary alicyclic amines) is 1. The van der Waals surface area contributed by atoms with E-state index in [9.17, 15) is 0 Å². The SMILES string of the molecule is CCC1(C)CCN(C(CN)c2ccc(Br)c(Cl)c2)CC1. The lowest BCUT2D eigenvalue weighted by atomic mass is 9.78. The summed E-state index contributed by atoms with van der Waals surface area (Å²) in [6.45, 7) is 7.59. The average Bonchev–Trinajstić information content (AvgIpc) is 2.46. The second kappa shape index (κ2) is 6.78. The van der Waals surface area contributed by atoms with Crippen molar-refractivity contribution in [2.45, 2.75) is 39.2 Å². The second-order valence-electron chi connectivity index (χ2n) is 6.13. The molecule has 20 heavy (non-hydrogen) atoms. The number of rotatable bonds is 4. The Balaban J connectivity index is 2.11. The number of hydrogen-bond donors (Lipinski definition) is 1. The lowest BCUT2D eigenvalue weighted by Gasteiger charge is -2.42.